The largest absolute Gasteiger partial charge is 0.323 e. The summed E-state index contributed by atoms with van der Waals surface area (Å²) in [5.41, 5.74) is 0. The molecular formula is C8H14N2O2S. The maximum absolute atomic E-state index is 11.7. The summed E-state index contributed by atoms with van der Waals surface area (Å²) >= 11 is 0. The fraction of sp³-hybridized carbons (Fsp3) is 0.625. The fourth-order valence-corrected chi connectivity index (χ4v) is 2.18. The molecule has 5 heteroatoms. The first-order valence-electron chi connectivity index (χ1n) is 4.09. The highest BCUT2D eigenvalue weighted by molar-refractivity contribution is 7.91. The minimum absolute atomic E-state index is 0.292. The van der Waals surface area contributed by atoms with Crippen molar-refractivity contribution in [1.29, 1.82) is 0 Å². The van der Waals surface area contributed by atoms with E-state index in [-0.39, 0.29) is 0 Å². The number of sulfone groups is 1. The van der Waals surface area contributed by atoms with Crippen LogP contribution in [0, 0.1) is 6.92 Å². The molecule has 0 spiro atoms. The highest BCUT2D eigenvalue weighted by Crippen LogP contribution is 2.15. The van der Waals surface area contributed by atoms with E-state index >= 15 is 0 Å². The Kier molecular flexibility index (Phi) is 2.47. The Morgan fingerprint density at radius 3 is 2.31 bits per heavy atom. The first-order chi connectivity index (χ1) is 5.87. The van der Waals surface area contributed by atoms with Crippen LogP contribution < -0.4 is 0 Å². The monoisotopic (exact) mass is 202 g/mol. The van der Waals surface area contributed by atoms with Crippen LogP contribution in [0.25, 0.3) is 0 Å². The summed E-state index contributed by atoms with van der Waals surface area (Å²) in [7, 11) is -1.48. The van der Waals surface area contributed by atoms with Crippen molar-refractivity contribution in [3.8, 4) is 0 Å². The van der Waals surface area contributed by atoms with Gasteiger partial charge >= 0.3 is 0 Å². The van der Waals surface area contributed by atoms with E-state index in [1.54, 1.807) is 32.4 Å². The second kappa shape index (κ2) is 3.14. The second-order valence-electron chi connectivity index (χ2n) is 3.30. The van der Waals surface area contributed by atoms with E-state index in [1.165, 1.54) is 6.20 Å². The number of nitrogens with zero attached hydrogens (tertiary/aromatic N) is 2. The highest BCUT2D eigenvalue weighted by Gasteiger charge is 2.23. The summed E-state index contributed by atoms with van der Waals surface area (Å²) in [5, 5.41) is -0.109. The van der Waals surface area contributed by atoms with E-state index in [9.17, 15) is 8.42 Å². The lowest BCUT2D eigenvalue weighted by Crippen LogP contribution is -2.17. The van der Waals surface area contributed by atoms with Gasteiger partial charge in [-0.05, 0) is 20.8 Å². The Morgan fingerprint density at radius 1 is 1.46 bits per heavy atom. The number of hydrogen-bond donors (Lipinski definition) is 0. The van der Waals surface area contributed by atoms with E-state index in [2.05, 4.69) is 4.98 Å². The Bertz CT molecular complexity index is 404. The van der Waals surface area contributed by atoms with Crippen LogP contribution in [0.15, 0.2) is 11.2 Å². The van der Waals surface area contributed by atoms with Crippen LogP contribution in [0.4, 0.5) is 0 Å². The minimum Gasteiger partial charge on any atom is -0.323 e. The molecule has 0 radical (unpaired) electrons. The van der Waals surface area contributed by atoms with Gasteiger partial charge in [-0.1, -0.05) is 0 Å². The third-order valence-corrected chi connectivity index (χ3v) is 4.29. The number of aromatic nitrogens is 2. The van der Waals surface area contributed by atoms with Gasteiger partial charge in [0.1, 0.15) is 5.82 Å². The summed E-state index contributed by atoms with van der Waals surface area (Å²) in [4.78, 5) is 3.95. The minimum atomic E-state index is -3.19. The van der Waals surface area contributed by atoms with Crippen LogP contribution in [0.3, 0.4) is 0 Å². The van der Waals surface area contributed by atoms with Gasteiger partial charge in [0.25, 0.3) is 0 Å². The maximum atomic E-state index is 11.7. The van der Waals surface area contributed by atoms with Crippen LogP contribution in [-0.2, 0) is 16.9 Å². The smallest absolute Gasteiger partial charge is 0.197 e. The zero-order valence-electron chi connectivity index (χ0n) is 8.27. The first kappa shape index (κ1) is 10.2. The summed E-state index contributed by atoms with van der Waals surface area (Å²) in [6.45, 7) is 5.11. The molecule has 0 saturated carbocycles. The quantitative estimate of drug-likeness (QED) is 0.716. The normalized spacial score (nSPS) is 12.4. The van der Waals surface area contributed by atoms with Gasteiger partial charge in [0.05, 0.1) is 11.4 Å². The van der Waals surface area contributed by atoms with Crippen molar-refractivity contribution < 1.29 is 8.42 Å². The zero-order valence-corrected chi connectivity index (χ0v) is 9.09. The van der Waals surface area contributed by atoms with Crippen molar-refractivity contribution in [2.75, 3.05) is 0 Å². The molecule has 4 nitrogen and oxygen atoms in total. The summed E-state index contributed by atoms with van der Waals surface area (Å²) in [6, 6.07) is 0. The molecule has 0 unspecified atom stereocenters. The van der Waals surface area contributed by atoms with Crippen molar-refractivity contribution in [2.45, 2.75) is 31.0 Å². The van der Waals surface area contributed by atoms with E-state index in [0.29, 0.717) is 10.9 Å². The average molecular weight is 202 g/mol. The number of hydrogen-bond acceptors (Lipinski definition) is 3. The van der Waals surface area contributed by atoms with Crippen LogP contribution in [0.5, 0.6) is 0 Å². The molecule has 1 aromatic rings. The molecule has 13 heavy (non-hydrogen) atoms. The van der Waals surface area contributed by atoms with Crippen LogP contribution >= 0.6 is 0 Å². The van der Waals surface area contributed by atoms with Crippen molar-refractivity contribution >= 4 is 9.84 Å². The van der Waals surface area contributed by atoms with Crippen LogP contribution in [-0.4, -0.2) is 23.2 Å². The summed E-state index contributed by atoms with van der Waals surface area (Å²) < 4.78 is 25.0. The van der Waals surface area contributed by atoms with Crippen molar-refractivity contribution in [3.63, 3.8) is 0 Å². The summed E-state index contributed by atoms with van der Waals surface area (Å²) in [6.07, 6.45) is 1.41. The van der Waals surface area contributed by atoms with E-state index in [4.69, 9.17) is 0 Å². The van der Waals surface area contributed by atoms with Crippen LogP contribution in [0.1, 0.15) is 19.7 Å². The third kappa shape index (κ3) is 1.60. The molecule has 0 aliphatic carbocycles. The predicted octanol–water partition coefficient (Wildman–Crippen LogP) is 0.911. The van der Waals surface area contributed by atoms with Gasteiger partial charge in [0, 0.05) is 7.05 Å². The zero-order chi connectivity index (χ0) is 10.2. The molecule has 0 fully saturated rings. The van der Waals surface area contributed by atoms with E-state index in [0.717, 1.165) is 0 Å². The van der Waals surface area contributed by atoms with Crippen LogP contribution in [0.2, 0.25) is 0 Å². The molecule has 74 valence electrons. The Labute approximate surface area is 78.5 Å². The van der Waals surface area contributed by atoms with Gasteiger partial charge in [0.15, 0.2) is 14.9 Å². The topological polar surface area (TPSA) is 52.0 Å². The van der Waals surface area contributed by atoms with Crippen molar-refractivity contribution in [3.05, 3.63) is 12.0 Å². The molecule has 0 saturated heterocycles. The molecule has 0 amide bonds. The SMILES string of the molecule is Cc1ncc(S(=O)(=O)C(C)C)n1C. The molecule has 0 aromatic carbocycles. The van der Waals surface area contributed by atoms with Gasteiger partial charge in [-0.25, -0.2) is 13.4 Å². The maximum Gasteiger partial charge on any atom is 0.197 e. The van der Waals surface area contributed by atoms with Crippen molar-refractivity contribution in [1.82, 2.24) is 9.55 Å². The molecular weight excluding hydrogens is 188 g/mol. The van der Waals surface area contributed by atoms with Gasteiger partial charge in [-0.2, -0.15) is 0 Å². The molecule has 0 bridgehead atoms. The Hall–Kier alpha value is -0.840. The lowest BCUT2D eigenvalue weighted by atomic mass is 10.6. The van der Waals surface area contributed by atoms with Gasteiger partial charge < -0.3 is 4.57 Å². The Balaban J connectivity index is 3.32. The standard InChI is InChI=1S/C8H14N2O2S/c1-6(2)13(11,12)8-5-9-7(3)10(8)4/h5-6H,1-4H3. The summed E-state index contributed by atoms with van der Waals surface area (Å²) in [5.74, 6) is 0.708. The number of rotatable bonds is 2. The molecule has 1 rings (SSSR count). The lowest BCUT2D eigenvalue weighted by molar-refractivity contribution is 0.576. The van der Waals surface area contributed by atoms with E-state index in [1.807, 2.05) is 0 Å². The molecule has 0 aliphatic rings. The lowest BCUT2D eigenvalue weighted by Gasteiger charge is -2.07. The predicted molar refractivity (Wildman–Crippen MR) is 50.3 cm³/mol. The molecule has 1 aromatic heterocycles. The molecule has 0 N–H and O–H groups in total. The highest BCUT2D eigenvalue weighted by atomic mass is 32.2. The molecule has 0 atom stereocenters. The first-order valence-corrected chi connectivity index (χ1v) is 5.64. The van der Waals surface area contributed by atoms with Gasteiger partial charge in [0.2, 0.25) is 0 Å². The second-order valence-corrected chi connectivity index (χ2v) is 5.75. The van der Waals surface area contributed by atoms with Crippen molar-refractivity contribution in [2.24, 2.45) is 7.05 Å². The third-order valence-electron chi connectivity index (χ3n) is 2.09. The number of imidazole rings is 1. The number of aryl methyl sites for hydroxylation is 1. The average Bonchev–Trinajstić information content (AvgIpc) is 2.33. The van der Waals surface area contributed by atoms with Gasteiger partial charge in [-0.15, -0.1) is 0 Å². The Morgan fingerprint density at radius 2 is 2.00 bits per heavy atom. The van der Waals surface area contributed by atoms with Gasteiger partial charge in [-0.3, -0.25) is 0 Å². The molecule has 1 heterocycles. The molecule has 0 aliphatic heterocycles. The van der Waals surface area contributed by atoms with E-state index < -0.39 is 15.1 Å². The fourth-order valence-electron chi connectivity index (χ4n) is 0.987.